The van der Waals surface area contributed by atoms with E-state index in [1.165, 1.54) is 16.0 Å². The number of carbonyl (C=O) groups is 1. The van der Waals surface area contributed by atoms with Crippen molar-refractivity contribution < 1.29 is 18.3 Å². The maximum Gasteiger partial charge on any atom is 0.325 e. The Labute approximate surface area is 119 Å². The van der Waals surface area contributed by atoms with E-state index in [0.29, 0.717) is 17.9 Å². The van der Waals surface area contributed by atoms with Gasteiger partial charge in [-0.3, -0.25) is 9.48 Å². The minimum Gasteiger partial charge on any atom is -0.480 e. The lowest BCUT2D eigenvalue weighted by Gasteiger charge is -2.17. The molecule has 0 radical (unpaired) electrons. The van der Waals surface area contributed by atoms with E-state index in [-0.39, 0.29) is 11.4 Å². The Hall–Kier alpha value is -1.41. The second-order valence-corrected chi connectivity index (χ2v) is 6.71. The fourth-order valence-corrected chi connectivity index (χ4v) is 3.57. The topological polar surface area (TPSA) is 92.5 Å². The molecule has 1 aromatic rings. The van der Waals surface area contributed by atoms with Crippen LogP contribution < -0.4 is 0 Å². The molecule has 0 fully saturated rings. The van der Waals surface area contributed by atoms with Crippen LogP contribution in [0.4, 0.5) is 0 Å². The fourth-order valence-electron chi connectivity index (χ4n) is 1.99. The molecule has 0 saturated heterocycles. The highest BCUT2D eigenvalue weighted by Crippen LogP contribution is 2.22. The number of aliphatic carboxylic acids is 1. The van der Waals surface area contributed by atoms with Gasteiger partial charge < -0.3 is 5.11 Å². The first-order valence-corrected chi connectivity index (χ1v) is 7.88. The predicted molar refractivity (Wildman–Crippen MR) is 74.1 cm³/mol. The number of hydrogen-bond donors (Lipinski definition) is 1. The van der Waals surface area contributed by atoms with Crippen molar-refractivity contribution in [3.8, 4) is 0 Å². The van der Waals surface area contributed by atoms with E-state index < -0.39 is 16.0 Å². The molecule has 0 atom stereocenters. The van der Waals surface area contributed by atoms with Gasteiger partial charge >= 0.3 is 5.97 Å². The number of hydrogen-bond acceptors (Lipinski definition) is 4. The lowest BCUT2D eigenvalue weighted by molar-refractivity contribution is -0.137. The molecule has 1 N–H and O–H groups in total. The Balaban J connectivity index is 3.18. The summed E-state index contributed by atoms with van der Waals surface area (Å²) in [6, 6.07) is 0. The lowest BCUT2D eigenvalue weighted by Crippen LogP contribution is -2.28. The zero-order valence-corrected chi connectivity index (χ0v) is 13.1. The Bertz CT molecular complexity index is 592. The average Bonchev–Trinajstić information content (AvgIpc) is 2.60. The van der Waals surface area contributed by atoms with E-state index >= 15 is 0 Å². The molecule has 0 unspecified atom stereocenters. The van der Waals surface area contributed by atoms with Gasteiger partial charge in [-0.25, -0.2) is 12.7 Å². The largest absolute Gasteiger partial charge is 0.480 e. The first kappa shape index (κ1) is 16.6. The van der Waals surface area contributed by atoms with E-state index in [9.17, 15) is 13.2 Å². The van der Waals surface area contributed by atoms with Gasteiger partial charge in [0.15, 0.2) is 0 Å². The molecule has 0 aliphatic heterocycles. The zero-order valence-electron chi connectivity index (χ0n) is 12.3. The number of unbranched alkanes of at least 4 members (excludes halogenated alkanes) is 1. The molecule has 0 spiro atoms. The maximum atomic E-state index is 12.5. The van der Waals surface area contributed by atoms with Gasteiger partial charge in [0.25, 0.3) is 0 Å². The maximum absolute atomic E-state index is 12.5. The van der Waals surface area contributed by atoms with Crippen LogP contribution in [0.3, 0.4) is 0 Å². The Kier molecular flexibility index (Phi) is 5.29. The Morgan fingerprint density at radius 3 is 2.50 bits per heavy atom. The van der Waals surface area contributed by atoms with Crippen LogP contribution in [0.15, 0.2) is 4.90 Å². The molecule has 114 valence electrons. The van der Waals surface area contributed by atoms with Crippen LogP contribution in [-0.2, 0) is 21.4 Å². The highest BCUT2D eigenvalue weighted by atomic mass is 32.2. The lowest BCUT2D eigenvalue weighted by atomic mass is 10.3. The van der Waals surface area contributed by atoms with Gasteiger partial charge in [0.05, 0.1) is 11.4 Å². The van der Waals surface area contributed by atoms with Crippen molar-refractivity contribution in [3.05, 3.63) is 11.4 Å². The third kappa shape index (κ3) is 3.37. The van der Waals surface area contributed by atoms with Crippen molar-refractivity contribution in [3.63, 3.8) is 0 Å². The van der Waals surface area contributed by atoms with Crippen molar-refractivity contribution in [2.45, 2.75) is 45.1 Å². The Morgan fingerprint density at radius 1 is 1.40 bits per heavy atom. The number of aromatic nitrogens is 2. The summed E-state index contributed by atoms with van der Waals surface area (Å²) in [5, 5.41) is 12.8. The summed E-state index contributed by atoms with van der Waals surface area (Å²) >= 11 is 0. The van der Waals surface area contributed by atoms with Crippen LogP contribution in [0.25, 0.3) is 0 Å². The van der Waals surface area contributed by atoms with Gasteiger partial charge in [-0.15, -0.1) is 0 Å². The van der Waals surface area contributed by atoms with E-state index in [4.69, 9.17) is 5.11 Å². The molecule has 1 heterocycles. The summed E-state index contributed by atoms with van der Waals surface area (Å²) in [6.45, 7) is 5.22. The number of carboxylic acid groups (broad SMARTS) is 1. The van der Waals surface area contributed by atoms with Crippen molar-refractivity contribution >= 4 is 16.0 Å². The van der Waals surface area contributed by atoms with E-state index in [1.807, 2.05) is 6.92 Å². The Morgan fingerprint density at radius 2 is 2.00 bits per heavy atom. The second-order valence-electron chi connectivity index (χ2n) is 4.73. The van der Waals surface area contributed by atoms with E-state index in [1.54, 1.807) is 13.8 Å². The van der Waals surface area contributed by atoms with Crippen LogP contribution in [0.2, 0.25) is 0 Å². The quantitative estimate of drug-likeness (QED) is 0.811. The van der Waals surface area contributed by atoms with Crippen LogP contribution in [-0.4, -0.2) is 47.2 Å². The van der Waals surface area contributed by atoms with Gasteiger partial charge in [-0.05, 0) is 20.3 Å². The van der Waals surface area contributed by atoms with Gasteiger partial charge in [-0.2, -0.15) is 5.10 Å². The third-order valence-electron chi connectivity index (χ3n) is 3.09. The average molecular weight is 303 g/mol. The molecule has 0 amide bonds. The molecule has 20 heavy (non-hydrogen) atoms. The number of sulfonamides is 1. The van der Waals surface area contributed by atoms with E-state index in [0.717, 1.165) is 12.8 Å². The first-order chi connectivity index (χ1) is 9.21. The van der Waals surface area contributed by atoms with Gasteiger partial charge in [0.1, 0.15) is 11.4 Å². The molecule has 0 bridgehead atoms. The van der Waals surface area contributed by atoms with Gasteiger partial charge in [0, 0.05) is 13.6 Å². The third-order valence-corrected chi connectivity index (χ3v) is 5.20. The summed E-state index contributed by atoms with van der Waals surface area (Å²) < 4.78 is 27.5. The van der Waals surface area contributed by atoms with Crippen molar-refractivity contribution in [1.29, 1.82) is 0 Å². The standard InChI is InChI=1S/C12H21N3O4S/c1-5-6-7-14(4)20(18,19)12-9(2)13-15(10(12)3)8-11(16)17/h5-8H2,1-4H3,(H,16,17). The molecular formula is C12H21N3O4S. The molecular weight excluding hydrogens is 282 g/mol. The molecule has 1 rings (SSSR count). The molecule has 1 aromatic heterocycles. The molecule has 8 heteroatoms. The van der Waals surface area contributed by atoms with Crippen molar-refractivity contribution in [2.75, 3.05) is 13.6 Å². The van der Waals surface area contributed by atoms with Crippen molar-refractivity contribution in [1.82, 2.24) is 14.1 Å². The molecule has 0 aliphatic rings. The van der Waals surface area contributed by atoms with Gasteiger partial charge in [-0.1, -0.05) is 13.3 Å². The second kappa shape index (κ2) is 6.36. The van der Waals surface area contributed by atoms with E-state index in [2.05, 4.69) is 5.10 Å². The monoisotopic (exact) mass is 303 g/mol. The smallest absolute Gasteiger partial charge is 0.325 e. The first-order valence-electron chi connectivity index (χ1n) is 6.44. The van der Waals surface area contributed by atoms with Crippen molar-refractivity contribution in [2.24, 2.45) is 0 Å². The SMILES string of the molecule is CCCCN(C)S(=O)(=O)c1c(C)nn(CC(=O)O)c1C. The summed E-state index contributed by atoms with van der Waals surface area (Å²) in [6.07, 6.45) is 1.67. The van der Waals surface area contributed by atoms with Crippen LogP contribution in [0, 0.1) is 13.8 Å². The summed E-state index contributed by atoms with van der Waals surface area (Å²) in [5.41, 5.74) is 0.681. The van der Waals surface area contributed by atoms with Gasteiger partial charge in [0.2, 0.25) is 10.0 Å². The number of carboxylic acids is 1. The molecule has 0 aliphatic carbocycles. The normalized spacial score (nSPS) is 12.1. The molecule has 0 saturated carbocycles. The summed E-state index contributed by atoms with van der Waals surface area (Å²) in [4.78, 5) is 10.9. The highest BCUT2D eigenvalue weighted by molar-refractivity contribution is 7.89. The number of rotatable bonds is 7. The fraction of sp³-hybridized carbons (Fsp3) is 0.667. The predicted octanol–water partition coefficient (Wildman–Crippen LogP) is 1.01. The highest BCUT2D eigenvalue weighted by Gasteiger charge is 2.28. The zero-order chi connectivity index (χ0) is 15.5. The van der Waals surface area contributed by atoms with Crippen LogP contribution in [0.5, 0.6) is 0 Å². The number of aryl methyl sites for hydroxylation is 1. The van der Waals surface area contributed by atoms with Crippen LogP contribution in [0.1, 0.15) is 31.2 Å². The molecule has 0 aromatic carbocycles. The summed E-state index contributed by atoms with van der Waals surface area (Å²) in [5.74, 6) is -1.06. The minimum atomic E-state index is -3.63. The minimum absolute atomic E-state index is 0.109. The number of nitrogens with zero attached hydrogens (tertiary/aromatic N) is 3. The van der Waals surface area contributed by atoms with Crippen LogP contribution >= 0.6 is 0 Å². The molecule has 7 nitrogen and oxygen atoms in total. The summed E-state index contributed by atoms with van der Waals surface area (Å²) in [7, 11) is -2.10.